The smallest absolute Gasteiger partial charge is 0.251 e. The minimum absolute atomic E-state index is 0.0606. The summed E-state index contributed by atoms with van der Waals surface area (Å²) >= 11 is 0. The quantitative estimate of drug-likeness (QED) is 0.527. The Morgan fingerprint density at radius 2 is 1.79 bits per heavy atom. The molecule has 0 saturated heterocycles. The molecule has 1 aliphatic heterocycles. The highest BCUT2D eigenvalue weighted by molar-refractivity contribution is 5.94. The van der Waals surface area contributed by atoms with Gasteiger partial charge in [0.2, 0.25) is 0 Å². The van der Waals surface area contributed by atoms with Crippen LogP contribution >= 0.6 is 0 Å². The van der Waals surface area contributed by atoms with Crippen LogP contribution in [0.2, 0.25) is 0 Å². The number of amides is 1. The van der Waals surface area contributed by atoms with Crippen LogP contribution in [0.5, 0.6) is 0 Å². The molecule has 182 valence electrons. The number of hydrogen-bond acceptors (Lipinski definition) is 5. The van der Waals surface area contributed by atoms with E-state index in [1.165, 1.54) is 0 Å². The average Bonchev–Trinajstić information content (AvgIpc) is 3.35. The average molecular weight is 464 g/mol. The largest absolute Gasteiger partial charge is 0.465 e. The van der Waals surface area contributed by atoms with Gasteiger partial charge in [-0.15, -0.1) is 10.2 Å². The molecule has 0 bridgehead atoms. The molecule has 0 spiro atoms. The second-order valence-electron chi connectivity index (χ2n) is 9.91. The van der Waals surface area contributed by atoms with Gasteiger partial charge in [-0.3, -0.25) is 9.69 Å². The molecule has 0 fully saturated rings. The Morgan fingerprint density at radius 1 is 1.06 bits per heavy atom. The molecule has 34 heavy (non-hydrogen) atoms. The zero-order chi connectivity index (χ0) is 24.2. The highest BCUT2D eigenvalue weighted by Gasteiger charge is 2.26. The van der Waals surface area contributed by atoms with E-state index < -0.39 is 0 Å². The fourth-order valence-corrected chi connectivity index (χ4v) is 4.77. The lowest BCUT2D eigenvalue weighted by Gasteiger charge is -2.22. The number of furan rings is 1. The lowest BCUT2D eigenvalue weighted by Crippen LogP contribution is -2.32. The molecule has 1 N–H and O–H groups in total. The van der Waals surface area contributed by atoms with Gasteiger partial charge >= 0.3 is 0 Å². The number of aromatic nitrogens is 3. The van der Waals surface area contributed by atoms with Crippen molar-refractivity contribution in [2.75, 3.05) is 13.1 Å². The highest BCUT2D eigenvalue weighted by atomic mass is 16.3. The van der Waals surface area contributed by atoms with E-state index in [9.17, 15) is 4.79 Å². The first-order chi connectivity index (χ1) is 16.3. The van der Waals surface area contributed by atoms with Crippen LogP contribution in [0, 0.1) is 19.8 Å². The molecule has 3 heterocycles. The first-order valence-corrected chi connectivity index (χ1v) is 12.4. The van der Waals surface area contributed by atoms with E-state index in [-0.39, 0.29) is 11.9 Å². The number of aryl methyl sites for hydroxylation is 3. The van der Waals surface area contributed by atoms with Gasteiger partial charge in [-0.2, -0.15) is 0 Å². The summed E-state index contributed by atoms with van der Waals surface area (Å²) in [4.78, 5) is 15.6. The molecule has 2 aromatic heterocycles. The van der Waals surface area contributed by atoms with Gasteiger partial charge < -0.3 is 14.3 Å². The second kappa shape index (κ2) is 10.6. The van der Waals surface area contributed by atoms with Gasteiger partial charge in [0.25, 0.3) is 5.91 Å². The van der Waals surface area contributed by atoms with E-state index >= 15 is 0 Å². The molecule has 0 aliphatic carbocycles. The molecular weight excluding hydrogens is 426 g/mol. The highest BCUT2D eigenvalue weighted by Crippen LogP contribution is 2.24. The molecule has 7 heteroatoms. The summed E-state index contributed by atoms with van der Waals surface area (Å²) in [6, 6.07) is 9.92. The molecule has 4 rings (SSSR count). The fourth-order valence-electron chi connectivity index (χ4n) is 4.77. The minimum Gasteiger partial charge on any atom is -0.465 e. The van der Waals surface area contributed by atoms with Gasteiger partial charge in [-0.1, -0.05) is 38.0 Å². The van der Waals surface area contributed by atoms with Crippen molar-refractivity contribution in [3.63, 3.8) is 0 Å². The van der Waals surface area contributed by atoms with Crippen LogP contribution in [-0.2, 0) is 25.9 Å². The molecule has 7 nitrogen and oxygen atoms in total. The van der Waals surface area contributed by atoms with Crippen molar-refractivity contribution < 1.29 is 9.21 Å². The zero-order valence-electron chi connectivity index (χ0n) is 21.1. The normalized spacial score (nSPS) is 15.2. The maximum Gasteiger partial charge on any atom is 0.251 e. The van der Waals surface area contributed by atoms with Crippen molar-refractivity contribution in [3.05, 3.63) is 70.2 Å². The summed E-state index contributed by atoms with van der Waals surface area (Å²) in [6.45, 7) is 13.9. The molecule has 1 amide bonds. The van der Waals surface area contributed by atoms with Crippen LogP contribution in [0.1, 0.15) is 77.9 Å². The van der Waals surface area contributed by atoms with Crippen LogP contribution in [0.4, 0.5) is 0 Å². The van der Waals surface area contributed by atoms with Crippen LogP contribution in [0.15, 0.2) is 34.7 Å². The van der Waals surface area contributed by atoms with E-state index in [1.807, 2.05) is 26.0 Å². The number of fused-ring (bicyclic) bond motifs is 1. The van der Waals surface area contributed by atoms with E-state index in [1.54, 1.807) is 0 Å². The molecule has 3 aromatic rings. The van der Waals surface area contributed by atoms with Crippen molar-refractivity contribution in [3.8, 4) is 0 Å². The lowest BCUT2D eigenvalue weighted by atomic mass is 10.0. The molecule has 1 aromatic carbocycles. The van der Waals surface area contributed by atoms with Crippen LogP contribution in [0.3, 0.4) is 0 Å². The Kier molecular flexibility index (Phi) is 7.51. The number of carbonyl (C=O) groups excluding carboxylic acids is 1. The number of hydrogen-bond donors (Lipinski definition) is 1. The van der Waals surface area contributed by atoms with E-state index in [4.69, 9.17) is 4.42 Å². The second-order valence-corrected chi connectivity index (χ2v) is 9.91. The Morgan fingerprint density at radius 3 is 2.47 bits per heavy atom. The predicted molar refractivity (Wildman–Crippen MR) is 133 cm³/mol. The summed E-state index contributed by atoms with van der Waals surface area (Å²) in [6.07, 6.45) is 2.55. The first-order valence-electron chi connectivity index (χ1n) is 12.4. The third-order valence-electron chi connectivity index (χ3n) is 6.40. The molecule has 0 unspecified atom stereocenters. The predicted octanol–water partition coefficient (Wildman–Crippen LogP) is 4.63. The fraction of sp³-hybridized carbons (Fsp3) is 0.519. The minimum atomic E-state index is -0.182. The number of carbonyl (C=O) groups is 1. The van der Waals surface area contributed by atoms with E-state index in [2.05, 4.69) is 64.0 Å². The topological polar surface area (TPSA) is 76.2 Å². The molecule has 1 aliphatic rings. The van der Waals surface area contributed by atoms with Gasteiger partial charge in [0.05, 0.1) is 12.6 Å². The maximum atomic E-state index is 13.2. The Hall–Kier alpha value is -2.93. The standard InChI is InChI=1S/C27H37N5O2/c1-6-22-7-8-23(34-22)17-31-10-9-25-29-30-26(32(25)12-11-31)24(13-18(2)3)28-27(33)21-15-19(4)14-20(5)16-21/h7-8,14-16,18,24H,6,9-13,17H2,1-5H3,(H,28,33)/t24-/m0/s1. The van der Waals surface area contributed by atoms with Crippen LogP contribution < -0.4 is 5.32 Å². The molecule has 1 atom stereocenters. The zero-order valence-corrected chi connectivity index (χ0v) is 21.1. The third-order valence-corrected chi connectivity index (χ3v) is 6.40. The number of benzene rings is 1. The number of nitrogens with zero attached hydrogens (tertiary/aromatic N) is 4. The van der Waals surface area contributed by atoms with Gasteiger partial charge in [0.15, 0.2) is 5.82 Å². The van der Waals surface area contributed by atoms with Gasteiger partial charge in [0.1, 0.15) is 17.3 Å². The SMILES string of the molecule is CCc1ccc(CN2CCc3nnc([C@H](CC(C)C)NC(=O)c4cc(C)cc(C)c4)n3CC2)o1. The Labute approximate surface area is 202 Å². The molecular formula is C27H37N5O2. The Bertz CT molecular complexity index is 1110. The van der Waals surface area contributed by atoms with Crippen molar-refractivity contribution in [1.29, 1.82) is 0 Å². The monoisotopic (exact) mass is 463 g/mol. The van der Waals surface area contributed by atoms with Crippen molar-refractivity contribution >= 4 is 5.91 Å². The third kappa shape index (κ3) is 5.76. The van der Waals surface area contributed by atoms with Crippen molar-refractivity contribution in [2.24, 2.45) is 5.92 Å². The lowest BCUT2D eigenvalue weighted by molar-refractivity contribution is 0.0928. The summed E-state index contributed by atoms with van der Waals surface area (Å²) < 4.78 is 8.14. The summed E-state index contributed by atoms with van der Waals surface area (Å²) in [5.74, 6) is 4.23. The maximum absolute atomic E-state index is 13.2. The summed E-state index contributed by atoms with van der Waals surface area (Å²) in [7, 11) is 0. The number of rotatable bonds is 8. The Balaban J connectivity index is 1.50. The van der Waals surface area contributed by atoms with Crippen molar-refractivity contribution in [2.45, 2.75) is 73.0 Å². The van der Waals surface area contributed by atoms with Gasteiger partial charge in [-0.05, 0) is 50.5 Å². The van der Waals surface area contributed by atoms with Gasteiger partial charge in [-0.25, -0.2) is 0 Å². The van der Waals surface area contributed by atoms with Crippen LogP contribution in [0.25, 0.3) is 0 Å². The molecule has 0 saturated carbocycles. The van der Waals surface area contributed by atoms with Crippen molar-refractivity contribution in [1.82, 2.24) is 25.0 Å². The van der Waals surface area contributed by atoms with E-state index in [0.717, 1.165) is 79.7 Å². The summed E-state index contributed by atoms with van der Waals surface area (Å²) in [5, 5.41) is 12.3. The van der Waals surface area contributed by atoms with Gasteiger partial charge in [0, 0.05) is 38.0 Å². The van der Waals surface area contributed by atoms with Crippen LogP contribution in [-0.4, -0.2) is 38.7 Å². The summed E-state index contributed by atoms with van der Waals surface area (Å²) in [5.41, 5.74) is 2.87. The number of nitrogens with one attached hydrogen (secondary N) is 1. The van der Waals surface area contributed by atoms with E-state index in [0.29, 0.717) is 11.5 Å². The first kappa shape index (κ1) is 24.2. The molecule has 0 radical (unpaired) electrons.